The van der Waals surface area contributed by atoms with Gasteiger partial charge in [-0.1, -0.05) is 6.07 Å². The number of amides is 2. The Morgan fingerprint density at radius 3 is 2.66 bits per heavy atom. The number of carbonyl (C=O) groups excluding carboxylic acids is 2. The summed E-state index contributed by atoms with van der Waals surface area (Å²) < 4.78 is 54.7. The number of nitrogens with one attached hydrogen (secondary N) is 1. The third kappa shape index (κ3) is 6.16. The first-order valence-electron chi connectivity index (χ1n) is 12.7. The van der Waals surface area contributed by atoms with E-state index in [1.54, 1.807) is 27.0 Å². The smallest absolute Gasteiger partial charge is 0.487 e. The zero-order valence-electron chi connectivity index (χ0n) is 22.2. The summed E-state index contributed by atoms with van der Waals surface area (Å²) in [4.78, 5) is 32.4. The summed E-state index contributed by atoms with van der Waals surface area (Å²) in [7, 11) is 1.55. The van der Waals surface area contributed by atoms with E-state index < -0.39 is 35.2 Å². The highest BCUT2D eigenvalue weighted by Gasteiger charge is 2.53. The molecule has 0 spiro atoms. The predicted molar refractivity (Wildman–Crippen MR) is 132 cm³/mol. The van der Waals surface area contributed by atoms with E-state index in [-0.39, 0.29) is 53.9 Å². The molecule has 38 heavy (non-hydrogen) atoms. The lowest BCUT2D eigenvalue weighted by atomic mass is 9.89. The monoisotopic (exact) mass is 540 g/mol. The molecule has 1 saturated carbocycles. The van der Waals surface area contributed by atoms with Gasteiger partial charge >= 0.3 is 6.36 Å². The number of methoxy groups -OCH3 is 1. The number of benzene rings is 1. The molecule has 12 heteroatoms. The number of rotatable bonds is 8. The van der Waals surface area contributed by atoms with Crippen LogP contribution in [0.5, 0.6) is 11.5 Å². The first-order chi connectivity index (χ1) is 17.6. The first-order valence-corrected chi connectivity index (χ1v) is 12.7. The zero-order valence-corrected chi connectivity index (χ0v) is 22.2. The number of guanidine groups is 1. The minimum Gasteiger partial charge on any atom is -0.487 e. The molecule has 0 aromatic heterocycles. The van der Waals surface area contributed by atoms with Crippen molar-refractivity contribution in [2.24, 2.45) is 22.6 Å². The summed E-state index contributed by atoms with van der Waals surface area (Å²) >= 11 is 0. The molecule has 1 aliphatic carbocycles. The Kier molecular flexibility index (Phi) is 7.32. The second kappa shape index (κ2) is 9.94. The normalized spacial score (nSPS) is 26.5. The average Bonchev–Trinajstić information content (AvgIpc) is 3.53. The van der Waals surface area contributed by atoms with Crippen LogP contribution in [-0.4, -0.2) is 59.9 Å². The second-order valence-electron chi connectivity index (χ2n) is 11.4. The molecule has 3 aliphatic rings. The number of carbonyl (C=O) groups is 2. The standard InChI is InChI=1S/C26H35F3N4O5/c1-24(2)13-20(34)33(23(30)32-24)17(9-10-36-5)14-11-15(14)22(35)31-16-12-25(3,4)37-18-7-6-8-19(21(16)18)38-26(27,28)29/h6-8,14-17H,9-13H2,1-5H3,(H2,30,32)(H,31,35)/t14-,15?,16-,17+/m0/s1. The van der Waals surface area contributed by atoms with Crippen molar-refractivity contribution in [3.8, 4) is 11.5 Å². The molecule has 4 rings (SSSR count). The zero-order chi connectivity index (χ0) is 28.0. The summed E-state index contributed by atoms with van der Waals surface area (Å²) in [5, 5.41) is 2.94. The van der Waals surface area contributed by atoms with Crippen LogP contribution in [0.3, 0.4) is 0 Å². The van der Waals surface area contributed by atoms with Gasteiger partial charge in [-0.15, -0.1) is 13.2 Å². The van der Waals surface area contributed by atoms with Crippen molar-refractivity contribution in [3.05, 3.63) is 23.8 Å². The van der Waals surface area contributed by atoms with Crippen LogP contribution in [0.4, 0.5) is 13.2 Å². The third-order valence-electron chi connectivity index (χ3n) is 7.14. The van der Waals surface area contributed by atoms with E-state index in [1.807, 2.05) is 13.8 Å². The molecular formula is C26H35F3N4O5. The number of ether oxygens (including phenoxy) is 3. The van der Waals surface area contributed by atoms with E-state index in [9.17, 15) is 22.8 Å². The van der Waals surface area contributed by atoms with Crippen molar-refractivity contribution in [3.63, 3.8) is 0 Å². The van der Waals surface area contributed by atoms with Crippen molar-refractivity contribution in [1.29, 1.82) is 0 Å². The van der Waals surface area contributed by atoms with E-state index in [2.05, 4.69) is 15.0 Å². The average molecular weight is 541 g/mol. The number of halogens is 3. The fourth-order valence-electron chi connectivity index (χ4n) is 5.56. The topological polar surface area (TPSA) is 115 Å². The van der Waals surface area contributed by atoms with E-state index in [1.165, 1.54) is 17.0 Å². The summed E-state index contributed by atoms with van der Waals surface area (Å²) in [6, 6.07) is 3.04. The van der Waals surface area contributed by atoms with Crippen LogP contribution in [0.2, 0.25) is 0 Å². The fourth-order valence-corrected chi connectivity index (χ4v) is 5.56. The molecule has 1 unspecified atom stereocenters. The first kappa shape index (κ1) is 28.0. The maximum Gasteiger partial charge on any atom is 0.573 e. The highest BCUT2D eigenvalue weighted by atomic mass is 19.4. The SMILES string of the molecule is COCC[C@H]([C@H]1CC1C(=O)N[C@H]1CC(C)(C)Oc2cccc(OC(F)(F)F)c21)N1C(=O)CC(C)(C)N=C1N. The van der Waals surface area contributed by atoms with Crippen LogP contribution in [0, 0.1) is 11.8 Å². The number of aliphatic imine (C=N–C) groups is 1. The van der Waals surface area contributed by atoms with Gasteiger partial charge in [-0.05, 0) is 58.6 Å². The molecule has 2 heterocycles. The maximum absolute atomic E-state index is 13.4. The van der Waals surface area contributed by atoms with Gasteiger partial charge in [-0.3, -0.25) is 14.5 Å². The number of fused-ring (bicyclic) bond motifs is 1. The number of hydrogen-bond acceptors (Lipinski definition) is 7. The third-order valence-corrected chi connectivity index (χ3v) is 7.14. The van der Waals surface area contributed by atoms with Gasteiger partial charge in [0.25, 0.3) is 0 Å². The molecule has 1 aromatic rings. The van der Waals surface area contributed by atoms with Crippen LogP contribution in [0.25, 0.3) is 0 Å². The molecule has 9 nitrogen and oxygen atoms in total. The van der Waals surface area contributed by atoms with Gasteiger partial charge in [0.05, 0.1) is 23.6 Å². The lowest BCUT2D eigenvalue weighted by Gasteiger charge is -2.39. The van der Waals surface area contributed by atoms with Crippen LogP contribution in [0.15, 0.2) is 23.2 Å². The molecule has 210 valence electrons. The van der Waals surface area contributed by atoms with Gasteiger partial charge in [-0.2, -0.15) is 0 Å². The minimum atomic E-state index is -4.90. The fraction of sp³-hybridized carbons (Fsp3) is 0.654. The highest BCUT2D eigenvalue weighted by molar-refractivity contribution is 5.99. The Bertz CT molecular complexity index is 1120. The molecule has 0 radical (unpaired) electrons. The van der Waals surface area contributed by atoms with Gasteiger partial charge < -0.3 is 25.3 Å². The number of nitrogens with two attached hydrogens (primary N) is 1. The number of alkyl halides is 3. The Morgan fingerprint density at radius 1 is 1.32 bits per heavy atom. The van der Waals surface area contributed by atoms with Gasteiger partial charge in [0.15, 0.2) is 5.96 Å². The predicted octanol–water partition coefficient (Wildman–Crippen LogP) is 3.67. The van der Waals surface area contributed by atoms with Crippen molar-refractivity contribution in [2.45, 2.75) is 83.0 Å². The molecular weight excluding hydrogens is 505 g/mol. The number of hydrogen-bond donors (Lipinski definition) is 2. The van der Waals surface area contributed by atoms with Gasteiger partial charge in [0, 0.05) is 32.1 Å². The van der Waals surface area contributed by atoms with Crippen molar-refractivity contribution >= 4 is 17.8 Å². The van der Waals surface area contributed by atoms with Gasteiger partial charge in [-0.25, -0.2) is 4.99 Å². The van der Waals surface area contributed by atoms with Crippen LogP contribution in [0.1, 0.15) is 65.0 Å². The van der Waals surface area contributed by atoms with Crippen LogP contribution < -0.4 is 20.5 Å². The molecule has 3 N–H and O–H groups in total. The van der Waals surface area contributed by atoms with Crippen molar-refractivity contribution in [1.82, 2.24) is 10.2 Å². The second-order valence-corrected chi connectivity index (χ2v) is 11.4. The van der Waals surface area contributed by atoms with Crippen molar-refractivity contribution in [2.75, 3.05) is 13.7 Å². The largest absolute Gasteiger partial charge is 0.573 e. The van der Waals surface area contributed by atoms with Crippen LogP contribution >= 0.6 is 0 Å². The van der Waals surface area contributed by atoms with E-state index >= 15 is 0 Å². The summed E-state index contributed by atoms with van der Waals surface area (Å²) in [6.07, 6.45) is -3.50. The summed E-state index contributed by atoms with van der Waals surface area (Å²) in [6.45, 7) is 7.63. The van der Waals surface area contributed by atoms with E-state index in [0.29, 0.717) is 19.4 Å². The molecule has 1 aromatic carbocycles. The molecule has 0 saturated heterocycles. The molecule has 4 atom stereocenters. The number of nitrogens with zero attached hydrogens (tertiary/aromatic N) is 2. The Balaban J connectivity index is 1.55. The molecule has 2 amide bonds. The van der Waals surface area contributed by atoms with E-state index in [4.69, 9.17) is 15.2 Å². The minimum absolute atomic E-state index is 0.118. The Hall–Kier alpha value is -3.02. The van der Waals surface area contributed by atoms with Gasteiger partial charge in [0.2, 0.25) is 11.8 Å². The van der Waals surface area contributed by atoms with Crippen LogP contribution in [-0.2, 0) is 14.3 Å². The van der Waals surface area contributed by atoms with Gasteiger partial charge in [0.1, 0.15) is 17.1 Å². The lowest BCUT2D eigenvalue weighted by Crippen LogP contribution is -2.55. The summed E-state index contributed by atoms with van der Waals surface area (Å²) in [5.74, 6) is -1.18. The quantitative estimate of drug-likeness (QED) is 0.520. The van der Waals surface area contributed by atoms with Crippen molar-refractivity contribution < 1.29 is 37.0 Å². The lowest BCUT2D eigenvalue weighted by molar-refractivity contribution is -0.275. The molecule has 1 fully saturated rings. The molecule has 0 bridgehead atoms. The Labute approximate surface area is 219 Å². The molecule has 2 aliphatic heterocycles. The highest BCUT2D eigenvalue weighted by Crippen LogP contribution is 2.48. The van der Waals surface area contributed by atoms with E-state index in [0.717, 1.165) is 0 Å². The Morgan fingerprint density at radius 2 is 2.03 bits per heavy atom. The summed E-state index contributed by atoms with van der Waals surface area (Å²) in [5.41, 5.74) is 5.01. The maximum atomic E-state index is 13.4.